The second kappa shape index (κ2) is 10.7. The number of rotatable bonds is 6. The molecule has 0 aliphatic carbocycles. The van der Waals surface area contributed by atoms with Crippen molar-refractivity contribution in [3.8, 4) is 11.3 Å². The van der Waals surface area contributed by atoms with E-state index < -0.39 is 29.5 Å². The van der Waals surface area contributed by atoms with Crippen molar-refractivity contribution in [3.05, 3.63) is 41.8 Å². The highest BCUT2D eigenvalue weighted by Gasteiger charge is 2.41. The second-order valence-electron chi connectivity index (χ2n) is 8.11. The first kappa shape index (κ1) is 25.5. The molecule has 7 nitrogen and oxygen atoms in total. The van der Waals surface area contributed by atoms with E-state index in [4.69, 9.17) is 5.73 Å². The summed E-state index contributed by atoms with van der Waals surface area (Å²) < 4.78 is 29.4. The van der Waals surface area contributed by atoms with Crippen LogP contribution in [0.3, 0.4) is 0 Å². The molecule has 32 heavy (non-hydrogen) atoms. The molecule has 2 aromatic rings. The zero-order chi connectivity index (χ0) is 24.1. The second-order valence-corrected chi connectivity index (χ2v) is 8.11. The van der Waals surface area contributed by atoms with Crippen molar-refractivity contribution in [2.45, 2.75) is 64.8 Å². The minimum absolute atomic E-state index is 0.256. The number of hydrogen-bond donors (Lipinski definition) is 2. The number of carbonyl (C=O) groups excluding carboxylic acids is 2. The number of halogens is 2. The number of nitrogens with one attached hydrogen (secondary N) is 1. The largest absolute Gasteiger partial charge is 0.350 e. The van der Waals surface area contributed by atoms with Gasteiger partial charge in [-0.25, -0.2) is 8.78 Å². The zero-order valence-corrected chi connectivity index (χ0v) is 19.4. The first-order valence-corrected chi connectivity index (χ1v) is 10.9. The van der Waals surface area contributed by atoms with Crippen LogP contribution in [0.15, 0.2) is 30.5 Å². The van der Waals surface area contributed by atoms with Gasteiger partial charge in [0.25, 0.3) is 0 Å². The minimum Gasteiger partial charge on any atom is -0.350 e. The Labute approximate surface area is 188 Å². The van der Waals surface area contributed by atoms with Crippen molar-refractivity contribution >= 4 is 11.8 Å². The van der Waals surface area contributed by atoms with E-state index in [1.165, 1.54) is 23.4 Å². The summed E-state index contributed by atoms with van der Waals surface area (Å²) in [6.07, 6.45) is 2.33. The summed E-state index contributed by atoms with van der Waals surface area (Å²) in [7, 11) is 1.66. The van der Waals surface area contributed by atoms with Crippen LogP contribution < -0.4 is 11.1 Å². The molecule has 1 aromatic carbocycles. The fourth-order valence-corrected chi connectivity index (χ4v) is 3.60. The highest BCUT2D eigenvalue weighted by Crippen LogP contribution is 2.24. The number of hydrogen-bond acceptors (Lipinski definition) is 4. The predicted molar refractivity (Wildman–Crippen MR) is 120 cm³/mol. The van der Waals surface area contributed by atoms with Crippen molar-refractivity contribution in [2.75, 3.05) is 6.54 Å². The van der Waals surface area contributed by atoms with E-state index in [1.807, 2.05) is 13.8 Å². The molecule has 1 saturated heterocycles. The molecule has 2 atom stereocenters. The summed E-state index contributed by atoms with van der Waals surface area (Å²) >= 11 is 0. The topological polar surface area (TPSA) is 93.2 Å². The van der Waals surface area contributed by atoms with E-state index in [9.17, 15) is 18.4 Å². The molecule has 0 saturated carbocycles. The number of nitrogens with zero attached hydrogens (tertiary/aromatic N) is 3. The maximum atomic E-state index is 14.1. The fraction of sp³-hybridized carbons (Fsp3) is 0.522. The molecule has 2 heterocycles. The lowest BCUT2D eigenvalue weighted by molar-refractivity contribution is -0.141. The van der Waals surface area contributed by atoms with Gasteiger partial charge in [0.1, 0.15) is 23.4 Å². The highest BCUT2D eigenvalue weighted by molar-refractivity contribution is 5.90. The van der Waals surface area contributed by atoms with Gasteiger partial charge in [0.2, 0.25) is 11.8 Å². The van der Waals surface area contributed by atoms with Crippen molar-refractivity contribution in [3.63, 3.8) is 0 Å². The fourth-order valence-electron chi connectivity index (χ4n) is 3.60. The first-order chi connectivity index (χ1) is 15.1. The van der Waals surface area contributed by atoms with E-state index >= 15 is 0 Å². The van der Waals surface area contributed by atoms with Crippen molar-refractivity contribution in [1.82, 2.24) is 20.0 Å². The van der Waals surface area contributed by atoms with Gasteiger partial charge in [0.05, 0.1) is 6.20 Å². The molecular weight excluding hydrogens is 416 g/mol. The van der Waals surface area contributed by atoms with Crippen LogP contribution >= 0.6 is 0 Å². The maximum absolute atomic E-state index is 14.1. The Bertz CT molecular complexity index is 902. The van der Waals surface area contributed by atoms with Gasteiger partial charge in [-0.1, -0.05) is 38.1 Å². The van der Waals surface area contributed by atoms with Crippen LogP contribution in [0.5, 0.6) is 0 Å². The van der Waals surface area contributed by atoms with E-state index in [1.54, 1.807) is 31.3 Å². The molecule has 1 aliphatic heterocycles. The number of aromatic nitrogens is 2. The van der Waals surface area contributed by atoms with Crippen molar-refractivity contribution in [1.29, 1.82) is 0 Å². The summed E-state index contributed by atoms with van der Waals surface area (Å²) in [6, 6.07) is 5.13. The van der Waals surface area contributed by atoms with Gasteiger partial charge in [-0.2, -0.15) is 5.10 Å². The Morgan fingerprint density at radius 2 is 1.91 bits per heavy atom. The monoisotopic (exact) mass is 449 g/mol. The predicted octanol–water partition coefficient (Wildman–Crippen LogP) is 2.94. The lowest BCUT2D eigenvalue weighted by atomic mass is 10.00. The Morgan fingerprint density at radius 3 is 2.44 bits per heavy atom. The van der Waals surface area contributed by atoms with Gasteiger partial charge < -0.3 is 16.0 Å². The molecule has 2 amide bonds. The molecule has 1 fully saturated rings. The van der Waals surface area contributed by atoms with Crippen LogP contribution in [0.25, 0.3) is 11.3 Å². The van der Waals surface area contributed by atoms with Crippen LogP contribution in [0.4, 0.5) is 8.78 Å². The normalized spacial score (nSPS) is 16.9. The third kappa shape index (κ3) is 5.70. The first-order valence-electron chi connectivity index (χ1n) is 10.9. The number of aryl methyl sites for hydroxylation is 1. The van der Waals surface area contributed by atoms with Gasteiger partial charge >= 0.3 is 0 Å². The third-order valence-electron chi connectivity index (χ3n) is 5.43. The molecular formula is C23H33F2N5O2. The number of alkyl halides is 1. The van der Waals surface area contributed by atoms with E-state index in [-0.39, 0.29) is 12.5 Å². The number of benzene rings is 1. The van der Waals surface area contributed by atoms with E-state index in [0.29, 0.717) is 30.6 Å². The van der Waals surface area contributed by atoms with Crippen molar-refractivity contribution < 1.29 is 18.4 Å². The number of carbonyl (C=O) groups is 2. The molecule has 3 N–H and O–H groups in total. The van der Waals surface area contributed by atoms with Gasteiger partial charge in [-0.05, 0) is 32.3 Å². The number of amides is 2. The maximum Gasteiger partial charge on any atom is 0.243 e. The Balaban J connectivity index is 0.00000176. The van der Waals surface area contributed by atoms with Crippen LogP contribution in [-0.4, -0.2) is 50.8 Å². The summed E-state index contributed by atoms with van der Waals surface area (Å²) in [4.78, 5) is 26.5. The van der Waals surface area contributed by atoms with Gasteiger partial charge in [0.15, 0.2) is 5.82 Å². The van der Waals surface area contributed by atoms with Crippen molar-refractivity contribution in [2.24, 2.45) is 12.8 Å². The number of likely N-dealkylation sites (tertiary alicyclic amines) is 1. The molecule has 0 bridgehead atoms. The van der Waals surface area contributed by atoms with Crippen LogP contribution in [0.2, 0.25) is 0 Å². The molecule has 1 aliphatic rings. The molecule has 176 valence electrons. The standard InChI is InChI=1S/C21H27F2N5O2.C2H6/c1-21(2,23)18(24)20(30)28-10-4-5-16(28)19(29)25-11-13-6-8-14(9-7-13)17-15(22)12-26-27(17)3;1-2/h6-9,12,16,18H,4-5,10-11,24H2,1-3H3,(H,25,29);1-2H3. The van der Waals surface area contributed by atoms with E-state index in [2.05, 4.69) is 10.4 Å². The quantitative estimate of drug-likeness (QED) is 0.709. The Hall–Kier alpha value is -2.81. The third-order valence-corrected chi connectivity index (χ3v) is 5.43. The number of nitrogens with two attached hydrogens (primary N) is 1. The molecule has 9 heteroatoms. The lowest BCUT2D eigenvalue weighted by Crippen LogP contribution is -2.56. The van der Waals surface area contributed by atoms with Gasteiger partial charge in [0, 0.05) is 25.7 Å². The van der Waals surface area contributed by atoms with Gasteiger partial charge in [-0.15, -0.1) is 0 Å². The molecule has 3 rings (SSSR count). The summed E-state index contributed by atoms with van der Waals surface area (Å²) in [6.45, 7) is 7.14. The lowest BCUT2D eigenvalue weighted by Gasteiger charge is -2.30. The average molecular weight is 450 g/mol. The summed E-state index contributed by atoms with van der Waals surface area (Å²) in [5.41, 5.74) is 5.77. The molecule has 0 spiro atoms. The van der Waals surface area contributed by atoms with Crippen LogP contribution in [-0.2, 0) is 23.2 Å². The van der Waals surface area contributed by atoms with E-state index in [0.717, 1.165) is 11.8 Å². The Kier molecular flexibility index (Phi) is 8.49. The SMILES string of the molecule is CC.Cn1ncc(F)c1-c1ccc(CNC(=O)C2CCCN2C(=O)C(N)C(C)(C)F)cc1. The smallest absolute Gasteiger partial charge is 0.243 e. The molecule has 1 aromatic heterocycles. The minimum atomic E-state index is -1.87. The zero-order valence-electron chi connectivity index (χ0n) is 19.4. The summed E-state index contributed by atoms with van der Waals surface area (Å²) in [5, 5.41) is 6.71. The summed E-state index contributed by atoms with van der Waals surface area (Å²) in [5.74, 6) is -1.26. The molecule has 0 radical (unpaired) electrons. The average Bonchev–Trinajstić information content (AvgIpc) is 3.39. The van der Waals surface area contributed by atoms with Gasteiger partial charge in [-0.3, -0.25) is 14.3 Å². The molecule has 2 unspecified atom stereocenters. The Morgan fingerprint density at radius 1 is 1.28 bits per heavy atom. The highest BCUT2D eigenvalue weighted by atomic mass is 19.1. The van der Waals surface area contributed by atoms with Crippen LogP contribution in [0.1, 0.15) is 46.1 Å². The van der Waals surface area contributed by atoms with Crippen LogP contribution in [0, 0.1) is 5.82 Å².